The smallest absolute Gasteiger partial charge is 0.269 e. The number of carbonyl (C=O) groups is 1. The van der Waals surface area contributed by atoms with Gasteiger partial charge in [-0.25, -0.2) is 0 Å². The van der Waals surface area contributed by atoms with Gasteiger partial charge >= 0.3 is 0 Å². The predicted molar refractivity (Wildman–Crippen MR) is 78.4 cm³/mol. The van der Waals surface area contributed by atoms with Gasteiger partial charge in [-0.3, -0.25) is 9.48 Å². The minimum Gasteiger partial charge on any atom is -0.364 e. The summed E-state index contributed by atoms with van der Waals surface area (Å²) in [5.74, 6) is -0.477. The third-order valence-electron chi connectivity index (χ3n) is 3.69. The van der Waals surface area contributed by atoms with Crippen molar-refractivity contribution in [1.82, 2.24) is 15.1 Å². The van der Waals surface area contributed by atoms with Crippen LogP contribution in [0, 0.1) is 0 Å². The van der Waals surface area contributed by atoms with Crippen LogP contribution in [0.2, 0.25) is 0 Å². The molecular formula is C15H18N4O. The van der Waals surface area contributed by atoms with Crippen LogP contribution in [0.4, 0.5) is 0 Å². The number of hydrogen-bond donors (Lipinski definition) is 2. The molecule has 104 valence electrons. The number of hydrogen-bond acceptors (Lipinski definition) is 3. The van der Waals surface area contributed by atoms with E-state index in [9.17, 15) is 4.79 Å². The number of aromatic nitrogens is 2. The molecule has 0 aliphatic carbocycles. The number of para-hydroxylation sites is 1. The van der Waals surface area contributed by atoms with Gasteiger partial charge in [0.25, 0.3) is 5.91 Å². The number of amides is 1. The third kappa shape index (κ3) is 2.44. The number of benzene rings is 1. The van der Waals surface area contributed by atoms with E-state index in [0.717, 1.165) is 36.8 Å². The molecule has 1 amide bonds. The third-order valence-corrected chi connectivity index (χ3v) is 3.69. The number of nitrogens with one attached hydrogen (secondary N) is 1. The predicted octanol–water partition coefficient (Wildman–Crippen LogP) is 1.44. The van der Waals surface area contributed by atoms with Crippen LogP contribution < -0.4 is 11.1 Å². The van der Waals surface area contributed by atoms with Crippen molar-refractivity contribution in [2.75, 3.05) is 13.1 Å². The summed E-state index contributed by atoms with van der Waals surface area (Å²) in [5, 5.41) is 8.52. The first-order valence-electron chi connectivity index (χ1n) is 6.89. The summed E-state index contributed by atoms with van der Waals surface area (Å²) in [5.41, 5.74) is 8.14. The van der Waals surface area contributed by atoms with E-state index in [-0.39, 0.29) is 0 Å². The van der Waals surface area contributed by atoms with Gasteiger partial charge in [-0.2, -0.15) is 5.10 Å². The van der Waals surface area contributed by atoms with Crippen molar-refractivity contribution < 1.29 is 4.79 Å². The largest absolute Gasteiger partial charge is 0.364 e. The lowest BCUT2D eigenvalue weighted by atomic mass is 10.1. The van der Waals surface area contributed by atoms with Crippen molar-refractivity contribution in [2.24, 2.45) is 5.73 Å². The average Bonchev–Trinajstić information content (AvgIpc) is 2.85. The molecule has 3 N–H and O–H groups in total. The molecule has 1 saturated heterocycles. The second-order valence-electron chi connectivity index (χ2n) is 5.02. The molecule has 0 radical (unpaired) electrons. The molecule has 1 fully saturated rings. The van der Waals surface area contributed by atoms with Gasteiger partial charge in [-0.1, -0.05) is 29.8 Å². The summed E-state index contributed by atoms with van der Waals surface area (Å²) < 4.78 is 1.85. The Labute approximate surface area is 117 Å². The van der Waals surface area contributed by atoms with Crippen LogP contribution in [-0.4, -0.2) is 28.8 Å². The number of fused-ring (bicyclic) bond motifs is 1. The Morgan fingerprint density at radius 2 is 2.10 bits per heavy atom. The van der Waals surface area contributed by atoms with Crippen molar-refractivity contribution in [3.05, 3.63) is 41.6 Å². The van der Waals surface area contributed by atoms with E-state index in [4.69, 9.17) is 5.73 Å². The minimum absolute atomic E-state index is 0.351. The van der Waals surface area contributed by atoms with Crippen LogP contribution >= 0.6 is 0 Å². The van der Waals surface area contributed by atoms with Crippen LogP contribution in [0.3, 0.4) is 0 Å². The van der Waals surface area contributed by atoms with Crippen LogP contribution in [0.1, 0.15) is 23.3 Å². The number of nitrogens with two attached hydrogens (primary N) is 1. The highest BCUT2D eigenvalue weighted by Gasteiger charge is 2.13. The second-order valence-corrected chi connectivity index (χ2v) is 5.02. The highest BCUT2D eigenvalue weighted by molar-refractivity contribution is 6.04. The first-order valence-corrected chi connectivity index (χ1v) is 6.89. The molecule has 1 aromatic heterocycles. The molecule has 1 aromatic carbocycles. The Bertz CT molecular complexity index is 664. The number of carbonyl (C=O) groups excluding carboxylic acids is 1. The lowest BCUT2D eigenvalue weighted by Gasteiger charge is -2.15. The fraction of sp³-hybridized carbons (Fsp3) is 0.333. The summed E-state index contributed by atoms with van der Waals surface area (Å²) in [6.45, 7) is 2.76. The first kappa shape index (κ1) is 12.9. The van der Waals surface area contributed by atoms with E-state index in [1.807, 2.05) is 28.9 Å². The molecule has 20 heavy (non-hydrogen) atoms. The lowest BCUT2D eigenvalue weighted by Crippen LogP contribution is -2.23. The lowest BCUT2D eigenvalue weighted by molar-refractivity contribution is 0.0996. The molecule has 0 bridgehead atoms. The van der Waals surface area contributed by atoms with E-state index < -0.39 is 5.91 Å². The second kappa shape index (κ2) is 5.46. The normalized spacial score (nSPS) is 15.5. The monoisotopic (exact) mass is 270 g/mol. The van der Waals surface area contributed by atoms with Gasteiger partial charge in [0, 0.05) is 5.39 Å². The number of piperidine rings is 1. The Balaban J connectivity index is 1.93. The molecule has 3 rings (SSSR count). The van der Waals surface area contributed by atoms with E-state index in [1.165, 1.54) is 5.57 Å². The number of allylic oxidation sites excluding steroid dienone is 1. The van der Waals surface area contributed by atoms with E-state index in [2.05, 4.69) is 16.5 Å². The van der Waals surface area contributed by atoms with E-state index >= 15 is 0 Å². The van der Waals surface area contributed by atoms with Crippen LogP contribution in [0.25, 0.3) is 10.9 Å². The Hall–Kier alpha value is -2.14. The molecule has 2 heterocycles. The Kier molecular flexibility index (Phi) is 3.52. The quantitative estimate of drug-likeness (QED) is 0.829. The molecule has 0 spiro atoms. The maximum atomic E-state index is 11.5. The first-order chi connectivity index (χ1) is 9.75. The maximum Gasteiger partial charge on any atom is 0.269 e. The SMILES string of the molecule is NC(=O)c1nn(CC=C2CCNCC2)c2ccccc12. The molecule has 0 atom stereocenters. The molecule has 0 unspecified atom stereocenters. The van der Waals surface area contributed by atoms with Gasteiger partial charge in [-0.05, 0) is 32.0 Å². The fourth-order valence-electron chi connectivity index (χ4n) is 2.62. The van der Waals surface area contributed by atoms with Gasteiger partial charge in [0.2, 0.25) is 0 Å². The Morgan fingerprint density at radius 1 is 1.35 bits per heavy atom. The minimum atomic E-state index is -0.477. The van der Waals surface area contributed by atoms with Crippen molar-refractivity contribution in [2.45, 2.75) is 19.4 Å². The topological polar surface area (TPSA) is 72.9 Å². The number of rotatable bonds is 3. The fourth-order valence-corrected chi connectivity index (χ4v) is 2.62. The molecular weight excluding hydrogens is 252 g/mol. The van der Waals surface area contributed by atoms with Crippen molar-refractivity contribution >= 4 is 16.8 Å². The van der Waals surface area contributed by atoms with Crippen molar-refractivity contribution in [3.8, 4) is 0 Å². The molecule has 5 heteroatoms. The molecule has 5 nitrogen and oxygen atoms in total. The highest BCUT2D eigenvalue weighted by atomic mass is 16.1. The van der Waals surface area contributed by atoms with Crippen molar-refractivity contribution in [3.63, 3.8) is 0 Å². The van der Waals surface area contributed by atoms with Gasteiger partial charge in [-0.15, -0.1) is 0 Å². The number of primary amides is 1. The van der Waals surface area contributed by atoms with Gasteiger partial charge in [0.15, 0.2) is 5.69 Å². The number of nitrogens with zero attached hydrogens (tertiary/aromatic N) is 2. The van der Waals surface area contributed by atoms with Gasteiger partial charge in [0.1, 0.15) is 0 Å². The average molecular weight is 270 g/mol. The molecule has 1 aliphatic rings. The molecule has 1 aliphatic heterocycles. The maximum absolute atomic E-state index is 11.5. The van der Waals surface area contributed by atoms with Crippen LogP contribution in [0.5, 0.6) is 0 Å². The Morgan fingerprint density at radius 3 is 2.85 bits per heavy atom. The standard InChI is InChI=1S/C15H18N4O/c16-15(20)14-12-3-1-2-4-13(12)19(18-14)10-7-11-5-8-17-9-6-11/h1-4,7,17H,5-6,8-10H2,(H2,16,20). The summed E-state index contributed by atoms with van der Waals surface area (Å²) >= 11 is 0. The van der Waals surface area contributed by atoms with E-state index in [0.29, 0.717) is 12.2 Å². The van der Waals surface area contributed by atoms with Gasteiger partial charge < -0.3 is 11.1 Å². The van der Waals surface area contributed by atoms with Crippen molar-refractivity contribution in [1.29, 1.82) is 0 Å². The highest BCUT2D eigenvalue weighted by Crippen LogP contribution is 2.19. The zero-order valence-electron chi connectivity index (χ0n) is 11.3. The zero-order chi connectivity index (χ0) is 13.9. The van der Waals surface area contributed by atoms with Crippen LogP contribution in [0.15, 0.2) is 35.9 Å². The summed E-state index contributed by atoms with van der Waals surface area (Å²) in [7, 11) is 0. The zero-order valence-corrected chi connectivity index (χ0v) is 11.3. The summed E-state index contributed by atoms with van der Waals surface area (Å²) in [6, 6.07) is 7.70. The summed E-state index contributed by atoms with van der Waals surface area (Å²) in [4.78, 5) is 11.5. The van der Waals surface area contributed by atoms with Crippen LogP contribution in [-0.2, 0) is 6.54 Å². The molecule has 0 saturated carbocycles. The summed E-state index contributed by atoms with van der Waals surface area (Å²) in [6.07, 6.45) is 4.38. The molecule has 2 aromatic rings. The van der Waals surface area contributed by atoms with E-state index in [1.54, 1.807) is 0 Å². The van der Waals surface area contributed by atoms with Gasteiger partial charge in [0.05, 0.1) is 12.1 Å².